The standard InChI is InChI=1S/C16H17ClO/c1-13(9-12-18)16(17)10-7-15(8-11-16)14-5-3-2-4-6-14/h2-11,15,18H,12H2,1H3/b13-9-. The molecule has 1 nitrogen and oxygen atoms in total. The van der Waals surface area contributed by atoms with Gasteiger partial charge in [-0.15, -0.1) is 11.6 Å². The molecule has 1 aromatic carbocycles. The molecule has 1 aromatic rings. The first-order valence-electron chi connectivity index (χ1n) is 6.06. The molecule has 0 atom stereocenters. The fourth-order valence-corrected chi connectivity index (χ4v) is 2.28. The topological polar surface area (TPSA) is 20.2 Å². The van der Waals surface area contributed by atoms with Gasteiger partial charge in [0.15, 0.2) is 0 Å². The van der Waals surface area contributed by atoms with Crippen molar-refractivity contribution >= 4 is 11.6 Å². The Balaban J connectivity index is 2.19. The normalized spacial score (nSPS) is 27.5. The lowest BCUT2D eigenvalue weighted by molar-refractivity contribution is 0.341. The van der Waals surface area contributed by atoms with Gasteiger partial charge in [0.1, 0.15) is 4.87 Å². The average molecular weight is 261 g/mol. The summed E-state index contributed by atoms with van der Waals surface area (Å²) in [6.45, 7) is 1.95. The van der Waals surface area contributed by atoms with E-state index in [1.165, 1.54) is 5.56 Å². The number of hydrogen-bond donors (Lipinski definition) is 1. The molecule has 0 bridgehead atoms. The van der Waals surface area contributed by atoms with Crippen LogP contribution >= 0.6 is 11.6 Å². The molecule has 0 aromatic heterocycles. The number of halogens is 1. The Morgan fingerprint density at radius 2 is 1.89 bits per heavy atom. The number of allylic oxidation sites excluding steroid dienone is 5. The highest BCUT2D eigenvalue weighted by Gasteiger charge is 2.26. The lowest BCUT2D eigenvalue weighted by atomic mass is 9.87. The van der Waals surface area contributed by atoms with Gasteiger partial charge >= 0.3 is 0 Å². The van der Waals surface area contributed by atoms with Crippen molar-refractivity contribution in [3.63, 3.8) is 0 Å². The molecule has 0 unspecified atom stereocenters. The SMILES string of the molecule is C/C(=C/CO)C1(Cl)C=CC(c2ccccc2)C=C1. The van der Waals surface area contributed by atoms with Crippen LogP contribution < -0.4 is 0 Å². The summed E-state index contributed by atoms with van der Waals surface area (Å²) in [5, 5.41) is 8.93. The van der Waals surface area contributed by atoms with E-state index in [4.69, 9.17) is 16.7 Å². The quantitative estimate of drug-likeness (QED) is 0.647. The van der Waals surface area contributed by atoms with E-state index in [2.05, 4.69) is 24.3 Å². The molecule has 1 aliphatic carbocycles. The molecule has 1 N–H and O–H groups in total. The summed E-state index contributed by atoms with van der Waals surface area (Å²) in [6, 6.07) is 10.3. The Hall–Kier alpha value is -1.31. The van der Waals surface area contributed by atoms with Crippen molar-refractivity contribution in [2.75, 3.05) is 6.61 Å². The van der Waals surface area contributed by atoms with Gasteiger partial charge in [0.25, 0.3) is 0 Å². The maximum Gasteiger partial charge on any atom is 0.101 e. The maximum atomic E-state index is 8.93. The first-order valence-corrected chi connectivity index (χ1v) is 6.44. The Morgan fingerprint density at radius 3 is 2.44 bits per heavy atom. The predicted molar refractivity (Wildman–Crippen MR) is 76.9 cm³/mol. The van der Waals surface area contributed by atoms with Gasteiger partial charge in [0.05, 0.1) is 6.61 Å². The summed E-state index contributed by atoms with van der Waals surface area (Å²) in [5.74, 6) is 0.278. The first kappa shape index (κ1) is 13.1. The van der Waals surface area contributed by atoms with Gasteiger partial charge in [-0.05, 0) is 18.1 Å². The fraction of sp³-hybridized carbons (Fsp3) is 0.250. The Kier molecular flexibility index (Phi) is 4.05. The average Bonchev–Trinajstić information content (AvgIpc) is 2.41. The van der Waals surface area contributed by atoms with Gasteiger partial charge in [-0.3, -0.25) is 0 Å². The summed E-state index contributed by atoms with van der Waals surface area (Å²) in [6.07, 6.45) is 9.94. The van der Waals surface area contributed by atoms with Crippen molar-refractivity contribution in [3.05, 3.63) is 71.8 Å². The second-order valence-electron chi connectivity index (χ2n) is 4.49. The molecule has 0 heterocycles. The van der Waals surface area contributed by atoms with E-state index < -0.39 is 4.87 Å². The van der Waals surface area contributed by atoms with E-state index in [0.717, 1.165) is 5.57 Å². The van der Waals surface area contributed by atoms with Gasteiger partial charge in [0, 0.05) is 5.92 Å². The van der Waals surface area contributed by atoms with Crippen LogP contribution in [0.15, 0.2) is 66.3 Å². The number of alkyl halides is 1. The highest BCUT2D eigenvalue weighted by Crippen LogP contribution is 2.35. The Labute approximate surface area is 113 Å². The second kappa shape index (κ2) is 5.55. The molecule has 2 rings (SSSR count). The zero-order valence-corrected chi connectivity index (χ0v) is 11.1. The molecule has 0 fully saturated rings. The molecular weight excluding hydrogens is 244 g/mol. The molecule has 1 aliphatic rings. The minimum absolute atomic E-state index is 0.0180. The van der Waals surface area contributed by atoms with Crippen LogP contribution in [0.25, 0.3) is 0 Å². The van der Waals surface area contributed by atoms with E-state index in [-0.39, 0.29) is 12.5 Å². The van der Waals surface area contributed by atoms with Crippen molar-refractivity contribution in [1.29, 1.82) is 0 Å². The maximum absolute atomic E-state index is 8.93. The number of aliphatic hydroxyl groups excluding tert-OH is 1. The number of benzene rings is 1. The first-order chi connectivity index (χ1) is 8.65. The van der Waals surface area contributed by atoms with Crippen molar-refractivity contribution < 1.29 is 5.11 Å². The third-order valence-electron chi connectivity index (χ3n) is 3.28. The van der Waals surface area contributed by atoms with Crippen molar-refractivity contribution in [1.82, 2.24) is 0 Å². The minimum atomic E-state index is -0.589. The van der Waals surface area contributed by atoms with Crippen LogP contribution in [0.1, 0.15) is 18.4 Å². The predicted octanol–water partition coefficient (Wildman–Crippen LogP) is 3.81. The molecule has 0 spiro atoms. The van der Waals surface area contributed by atoms with Crippen LogP contribution in [-0.4, -0.2) is 16.6 Å². The lowest BCUT2D eigenvalue weighted by Gasteiger charge is -2.26. The molecule has 0 aliphatic heterocycles. The monoisotopic (exact) mass is 260 g/mol. The fourth-order valence-electron chi connectivity index (χ4n) is 2.06. The largest absolute Gasteiger partial charge is 0.392 e. The van der Waals surface area contributed by atoms with Crippen LogP contribution in [0, 0.1) is 0 Å². The van der Waals surface area contributed by atoms with Gasteiger partial charge < -0.3 is 5.11 Å². The van der Waals surface area contributed by atoms with E-state index in [1.54, 1.807) is 6.08 Å². The third kappa shape index (κ3) is 2.74. The molecule has 0 saturated carbocycles. The van der Waals surface area contributed by atoms with E-state index in [9.17, 15) is 0 Å². The van der Waals surface area contributed by atoms with Crippen LogP contribution in [-0.2, 0) is 0 Å². The molecule has 2 heteroatoms. The summed E-state index contributed by atoms with van der Waals surface area (Å²) in [4.78, 5) is -0.589. The highest BCUT2D eigenvalue weighted by molar-refractivity contribution is 6.28. The summed E-state index contributed by atoms with van der Waals surface area (Å²) in [5.41, 5.74) is 2.21. The van der Waals surface area contributed by atoms with Gasteiger partial charge in [-0.25, -0.2) is 0 Å². The van der Waals surface area contributed by atoms with Crippen molar-refractivity contribution in [2.45, 2.75) is 17.7 Å². The van der Waals surface area contributed by atoms with Gasteiger partial charge in [-0.1, -0.05) is 60.7 Å². The molecule has 0 saturated heterocycles. The highest BCUT2D eigenvalue weighted by atomic mass is 35.5. The van der Waals surface area contributed by atoms with Crippen molar-refractivity contribution in [3.8, 4) is 0 Å². The number of aliphatic hydroxyl groups is 1. The lowest BCUT2D eigenvalue weighted by Crippen LogP contribution is -2.20. The van der Waals surface area contributed by atoms with Gasteiger partial charge in [0.2, 0.25) is 0 Å². The van der Waals surface area contributed by atoms with E-state index >= 15 is 0 Å². The summed E-state index contributed by atoms with van der Waals surface area (Å²) < 4.78 is 0. The smallest absolute Gasteiger partial charge is 0.101 e. The van der Waals surface area contributed by atoms with Crippen LogP contribution in [0.4, 0.5) is 0 Å². The Morgan fingerprint density at radius 1 is 1.28 bits per heavy atom. The van der Waals surface area contributed by atoms with Crippen LogP contribution in [0.2, 0.25) is 0 Å². The summed E-state index contributed by atoms with van der Waals surface area (Å²) in [7, 11) is 0. The third-order valence-corrected chi connectivity index (χ3v) is 3.83. The summed E-state index contributed by atoms with van der Waals surface area (Å²) >= 11 is 6.50. The molecule has 0 amide bonds. The van der Waals surface area contributed by atoms with E-state index in [1.807, 2.05) is 37.3 Å². The molecule has 18 heavy (non-hydrogen) atoms. The van der Waals surface area contributed by atoms with E-state index in [0.29, 0.717) is 0 Å². The molecule has 94 valence electrons. The number of hydrogen-bond acceptors (Lipinski definition) is 1. The van der Waals surface area contributed by atoms with Crippen molar-refractivity contribution in [2.24, 2.45) is 0 Å². The zero-order valence-electron chi connectivity index (χ0n) is 10.4. The second-order valence-corrected chi connectivity index (χ2v) is 5.12. The van der Waals surface area contributed by atoms with Gasteiger partial charge in [-0.2, -0.15) is 0 Å². The zero-order chi connectivity index (χ0) is 13.0. The molecular formula is C16H17ClO. The van der Waals surface area contributed by atoms with Crippen LogP contribution in [0.5, 0.6) is 0 Å². The van der Waals surface area contributed by atoms with Crippen LogP contribution in [0.3, 0.4) is 0 Å². The number of rotatable bonds is 3. The minimum Gasteiger partial charge on any atom is -0.392 e. The molecule has 0 radical (unpaired) electrons. The Bertz CT molecular complexity index is 471.